The van der Waals surface area contributed by atoms with Gasteiger partial charge in [0, 0.05) is 12.1 Å². The second-order valence-electron chi connectivity index (χ2n) is 6.93. The van der Waals surface area contributed by atoms with E-state index in [0.717, 1.165) is 10.8 Å². The van der Waals surface area contributed by atoms with Crippen molar-refractivity contribution in [1.29, 1.82) is 5.26 Å². The van der Waals surface area contributed by atoms with E-state index in [1.54, 1.807) is 54.6 Å². The zero-order valence-electron chi connectivity index (χ0n) is 16.6. The van der Waals surface area contributed by atoms with Crippen LogP contribution in [0.25, 0.3) is 10.8 Å². The van der Waals surface area contributed by atoms with E-state index in [4.69, 9.17) is 5.26 Å². The van der Waals surface area contributed by atoms with Crippen molar-refractivity contribution < 1.29 is 18.0 Å². The van der Waals surface area contributed by atoms with Crippen molar-refractivity contribution in [3.8, 4) is 6.07 Å². The van der Waals surface area contributed by atoms with Crippen molar-refractivity contribution in [2.75, 3.05) is 13.1 Å². The summed E-state index contributed by atoms with van der Waals surface area (Å²) in [5.74, 6) is -1.67. The molecule has 1 unspecified atom stereocenters. The Morgan fingerprint density at radius 1 is 0.903 bits per heavy atom. The molecule has 3 aromatic carbocycles. The number of fused-ring (bicyclic) bond motifs is 1. The van der Waals surface area contributed by atoms with Gasteiger partial charge in [0.25, 0.3) is 5.91 Å². The Morgan fingerprint density at radius 2 is 1.58 bits per heavy atom. The van der Waals surface area contributed by atoms with E-state index in [1.165, 1.54) is 0 Å². The van der Waals surface area contributed by atoms with Gasteiger partial charge >= 0.3 is 0 Å². The number of nitrogens with one attached hydrogen (secondary N) is 2. The second kappa shape index (κ2) is 9.87. The Kier molecular flexibility index (Phi) is 7.00. The minimum Gasteiger partial charge on any atom is -0.350 e. The van der Waals surface area contributed by atoms with E-state index >= 15 is 0 Å². The molecule has 8 heteroatoms. The van der Waals surface area contributed by atoms with Crippen LogP contribution in [0.2, 0.25) is 0 Å². The van der Waals surface area contributed by atoms with Crippen LogP contribution in [0.4, 0.5) is 0 Å². The number of sulfone groups is 1. The molecule has 0 aliphatic rings. The Morgan fingerprint density at radius 3 is 2.29 bits per heavy atom. The highest BCUT2D eigenvalue weighted by Gasteiger charge is 2.33. The highest BCUT2D eigenvalue weighted by Crippen LogP contribution is 2.16. The highest BCUT2D eigenvalue weighted by atomic mass is 32.2. The largest absolute Gasteiger partial charge is 0.350 e. The van der Waals surface area contributed by atoms with Gasteiger partial charge in [-0.1, -0.05) is 60.7 Å². The van der Waals surface area contributed by atoms with Gasteiger partial charge in [-0.05, 0) is 28.5 Å². The number of nitriles is 1. The lowest BCUT2D eigenvalue weighted by Crippen LogP contribution is -2.47. The lowest BCUT2D eigenvalue weighted by atomic mass is 10.1. The van der Waals surface area contributed by atoms with E-state index in [1.807, 2.05) is 24.3 Å². The topological polar surface area (TPSA) is 116 Å². The number of hydrogen-bond donors (Lipinski definition) is 2. The molecule has 3 aromatic rings. The van der Waals surface area contributed by atoms with Crippen molar-refractivity contribution in [1.82, 2.24) is 10.6 Å². The quantitative estimate of drug-likeness (QED) is 0.526. The summed E-state index contributed by atoms with van der Waals surface area (Å²) < 4.78 is 25.9. The molecule has 0 saturated carbocycles. The Balaban J connectivity index is 1.78. The zero-order valence-corrected chi connectivity index (χ0v) is 17.4. The minimum atomic E-state index is -3.95. The molecular weight excluding hydrogens is 414 g/mol. The molecule has 0 saturated heterocycles. The van der Waals surface area contributed by atoms with Gasteiger partial charge in [0.05, 0.1) is 11.8 Å². The molecule has 158 valence electrons. The van der Waals surface area contributed by atoms with Crippen LogP contribution >= 0.6 is 0 Å². The molecule has 7 nitrogen and oxygen atoms in total. The SMILES string of the molecule is N#CCNC(=O)C(CNC(=O)c1ccc2ccccc2c1)S(=O)(=O)Cc1ccccc1. The molecule has 0 aliphatic carbocycles. The summed E-state index contributed by atoms with van der Waals surface area (Å²) in [7, 11) is -3.95. The summed E-state index contributed by atoms with van der Waals surface area (Å²) in [6.45, 7) is -0.729. The third-order valence-corrected chi connectivity index (χ3v) is 6.72. The number of amides is 2. The summed E-state index contributed by atoms with van der Waals surface area (Å²) in [5.41, 5.74) is 0.886. The van der Waals surface area contributed by atoms with Crippen molar-refractivity contribution >= 4 is 32.4 Å². The van der Waals surface area contributed by atoms with Gasteiger partial charge in [-0.25, -0.2) is 8.42 Å². The molecule has 0 aliphatic heterocycles. The number of carbonyl (C=O) groups excluding carboxylic acids is 2. The number of carbonyl (C=O) groups is 2. The molecule has 3 rings (SSSR count). The van der Waals surface area contributed by atoms with Crippen LogP contribution in [0.3, 0.4) is 0 Å². The first-order chi connectivity index (χ1) is 14.9. The fourth-order valence-corrected chi connectivity index (χ4v) is 4.75. The average Bonchev–Trinajstić information content (AvgIpc) is 2.77. The van der Waals surface area contributed by atoms with Crippen LogP contribution in [-0.4, -0.2) is 38.6 Å². The molecule has 0 aromatic heterocycles. The highest BCUT2D eigenvalue weighted by molar-refractivity contribution is 7.92. The van der Waals surface area contributed by atoms with Crippen molar-refractivity contribution in [2.24, 2.45) is 0 Å². The van der Waals surface area contributed by atoms with Crippen LogP contribution < -0.4 is 10.6 Å². The molecule has 0 radical (unpaired) electrons. The number of rotatable bonds is 8. The van der Waals surface area contributed by atoms with Gasteiger partial charge in [0.15, 0.2) is 15.1 Å². The molecular formula is C23H21N3O4S. The first-order valence-electron chi connectivity index (χ1n) is 9.58. The first kappa shape index (κ1) is 22.0. The van der Waals surface area contributed by atoms with Crippen LogP contribution in [-0.2, 0) is 20.4 Å². The average molecular weight is 436 g/mol. The number of benzene rings is 3. The summed E-state index contributed by atoms with van der Waals surface area (Å²) in [6, 6.07) is 22.9. The Labute approximate surface area is 180 Å². The maximum atomic E-state index is 12.9. The van der Waals surface area contributed by atoms with Gasteiger partial charge in [-0.15, -0.1) is 0 Å². The third-order valence-electron chi connectivity index (χ3n) is 4.74. The molecule has 0 spiro atoms. The molecule has 0 bridgehead atoms. The fraction of sp³-hybridized carbons (Fsp3) is 0.174. The summed E-state index contributed by atoms with van der Waals surface area (Å²) in [5, 5.41) is 13.9. The predicted molar refractivity (Wildman–Crippen MR) is 118 cm³/mol. The van der Waals surface area contributed by atoms with Gasteiger partial charge < -0.3 is 10.6 Å². The molecule has 2 amide bonds. The smallest absolute Gasteiger partial charge is 0.251 e. The van der Waals surface area contributed by atoms with E-state index < -0.39 is 33.4 Å². The Bertz CT molecular complexity index is 1230. The van der Waals surface area contributed by atoms with Gasteiger partial charge in [0.2, 0.25) is 5.91 Å². The molecule has 0 fully saturated rings. The van der Waals surface area contributed by atoms with Gasteiger partial charge in [-0.2, -0.15) is 5.26 Å². The summed E-state index contributed by atoms with van der Waals surface area (Å²) >= 11 is 0. The van der Waals surface area contributed by atoms with E-state index in [2.05, 4.69) is 10.6 Å². The minimum absolute atomic E-state index is 0.325. The number of hydrogen-bond acceptors (Lipinski definition) is 5. The maximum absolute atomic E-state index is 12.9. The van der Waals surface area contributed by atoms with Crippen molar-refractivity contribution in [3.05, 3.63) is 83.9 Å². The van der Waals surface area contributed by atoms with Crippen LogP contribution in [0, 0.1) is 11.3 Å². The lowest BCUT2D eigenvalue weighted by Gasteiger charge is -2.18. The molecule has 31 heavy (non-hydrogen) atoms. The van der Waals surface area contributed by atoms with E-state index in [9.17, 15) is 18.0 Å². The third kappa shape index (κ3) is 5.68. The lowest BCUT2D eigenvalue weighted by molar-refractivity contribution is -0.120. The van der Waals surface area contributed by atoms with E-state index in [0.29, 0.717) is 11.1 Å². The van der Waals surface area contributed by atoms with Gasteiger partial charge in [0.1, 0.15) is 6.54 Å². The Hall–Kier alpha value is -3.70. The molecule has 2 N–H and O–H groups in total. The number of nitrogens with zero attached hydrogens (tertiary/aromatic N) is 1. The first-order valence-corrected chi connectivity index (χ1v) is 11.3. The van der Waals surface area contributed by atoms with Crippen LogP contribution in [0.5, 0.6) is 0 Å². The van der Waals surface area contributed by atoms with Gasteiger partial charge in [-0.3, -0.25) is 9.59 Å². The fourth-order valence-electron chi connectivity index (χ4n) is 3.15. The molecule has 0 heterocycles. The maximum Gasteiger partial charge on any atom is 0.251 e. The molecule has 1 atom stereocenters. The zero-order chi connectivity index (χ0) is 22.3. The normalized spacial score (nSPS) is 12.0. The second-order valence-corrected chi connectivity index (χ2v) is 9.11. The van der Waals surface area contributed by atoms with Crippen molar-refractivity contribution in [3.63, 3.8) is 0 Å². The van der Waals surface area contributed by atoms with E-state index in [-0.39, 0.29) is 12.3 Å². The van der Waals surface area contributed by atoms with Crippen LogP contribution in [0.1, 0.15) is 15.9 Å². The van der Waals surface area contributed by atoms with Crippen molar-refractivity contribution in [2.45, 2.75) is 11.0 Å². The predicted octanol–water partition coefficient (Wildman–Crippen LogP) is 2.19. The standard InChI is InChI=1S/C23H21N3O4S/c24-12-13-25-23(28)21(31(29,30)16-17-6-2-1-3-7-17)15-26-22(27)20-11-10-18-8-4-5-9-19(18)14-20/h1-11,14,21H,13,15-16H2,(H,25,28)(H,26,27). The summed E-state index contributed by atoms with van der Waals surface area (Å²) in [4.78, 5) is 25.1. The monoisotopic (exact) mass is 435 g/mol. The van der Waals surface area contributed by atoms with Crippen LogP contribution in [0.15, 0.2) is 72.8 Å². The summed E-state index contributed by atoms with van der Waals surface area (Å²) in [6.07, 6.45) is 0.